The van der Waals surface area contributed by atoms with Gasteiger partial charge in [-0.2, -0.15) is 0 Å². The summed E-state index contributed by atoms with van der Waals surface area (Å²) in [4.78, 5) is 10.9. The van der Waals surface area contributed by atoms with Gasteiger partial charge >= 0.3 is 0 Å². The molecule has 1 aromatic heterocycles. The van der Waals surface area contributed by atoms with Crippen LogP contribution in [-0.2, 0) is 6.54 Å². The second-order valence-electron chi connectivity index (χ2n) is 4.48. The standard InChI is InChI=1S/C14H26N4/c1-4-7-9-18(6-3)14-13(10-15-8-5-2)11-16-12-17-14/h11-12,15H,4-10H2,1-3H3. The lowest BCUT2D eigenvalue weighted by Gasteiger charge is -2.24. The van der Waals surface area contributed by atoms with Crippen LogP contribution in [0.2, 0.25) is 0 Å². The Labute approximate surface area is 111 Å². The number of rotatable bonds is 9. The summed E-state index contributed by atoms with van der Waals surface area (Å²) in [6, 6.07) is 0. The number of nitrogens with zero attached hydrogens (tertiary/aromatic N) is 3. The van der Waals surface area contributed by atoms with E-state index in [1.807, 2.05) is 6.20 Å². The molecule has 102 valence electrons. The van der Waals surface area contributed by atoms with Crippen LogP contribution in [0.5, 0.6) is 0 Å². The third-order valence-corrected chi connectivity index (χ3v) is 2.97. The van der Waals surface area contributed by atoms with Crippen molar-refractivity contribution >= 4 is 5.82 Å². The third-order valence-electron chi connectivity index (χ3n) is 2.97. The first-order valence-corrected chi connectivity index (χ1v) is 7.07. The summed E-state index contributed by atoms with van der Waals surface area (Å²) in [5.74, 6) is 1.09. The lowest BCUT2D eigenvalue weighted by molar-refractivity contribution is 0.662. The molecule has 4 heteroatoms. The van der Waals surface area contributed by atoms with Crippen molar-refractivity contribution in [2.75, 3.05) is 24.5 Å². The Morgan fingerprint density at radius 1 is 1.22 bits per heavy atom. The van der Waals surface area contributed by atoms with E-state index >= 15 is 0 Å². The molecule has 18 heavy (non-hydrogen) atoms. The van der Waals surface area contributed by atoms with E-state index in [0.29, 0.717) is 0 Å². The van der Waals surface area contributed by atoms with Crippen molar-refractivity contribution in [1.82, 2.24) is 15.3 Å². The van der Waals surface area contributed by atoms with Crippen LogP contribution in [0.4, 0.5) is 5.82 Å². The van der Waals surface area contributed by atoms with Crippen LogP contribution in [0.25, 0.3) is 0 Å². The van der Waals surface area contributed by atoms with Gasteiger partial charge in [-0.3, -0.25) is 0 Å². The highest BCUT2D eigenvalue weighted by Gasteiger charge is 2.10. The Kier molecular flexibility index (Phi) is 7.34. The molecule has 1 heterocycles. The molecule has 0 amide bonds. The second-order valence-corrected chi connectivity index (χ2v) is 4.48. The Hall–Kier alpha value is -1.16. The van der Waals surface area contributed by atoms with Gasteiger partial charge in [0.1, 0.15) is 12.1 Å². The normalized spacial score (nSPS) is 10.6. The van der Waals surface area contributed by atoms with Gasteiger partial charge in [0.2, 0.25) is 0 Å². The fourth-order valence-corrected chi connectivity index (χ4v) is 1.92. The van der Waals surface area contributed by atoms with Gasteiger partial charge in [0, 0.05) is 31.4 Å². The number of hydrogen-bond donors (Lipinski definition) is 1. The molecular formula is C14H26N4. The van der Waals surface area contributed by atoms with E-state index < -0.39 is 0 Å². The quantitative estimate of drug-likeness (QED) is 0.684. The summed E-state index contributed by atoms with van der Waals surface area (Å²) in [5.41, 5.74) is 1.20. The van der Waals surface area contributed by atoms with Crippen molar-refractivity contribution in [1.29, 1.82) is 0 Å². The number of aromatic nitrogens is 2. The third kappa shape index (κ3) is 4.61. The van der Waals surface area contributed by atoms with E-state index in [1.54, 1.807) is 6.33 Å². The van der Waals surface area contributed by atoms with Crippen molar-refractivity contribution in [3.8, 4) is 0 Å². The zero-order valence-electron chi connectivity index (χ0n) is 11.9. The Balaban J connectivity index is 2.71. The molecule has 0 radical (unpaired) electrons. The SMILES string of the molecule is CCCCN(CC)c1ncncc1CNCCC. The molecule has 0 atom stereocenters. The van der Waals surface area contributed by atoms with E-state index in [9.17, 15) is 0 Å². The fourth-order valence-electron chi connectivity index (χ4n) is 1.92. The number of nitrogens with one attached hydrogen (secondary N) is 1. The molecule has 0 aliphatic carbocycles. The van der Waals surface area contributed by atoms with E-state index in [0.717, 1.165) is 38.4 Å². The first-order valence-electron chi connectivity index (χ1n) is 7.07. The highest BCUT2D eigenvalue weighted by atomic mass is 15.2. The maximum atomic E-state index is 4.46. The maximum Gasteiger partial charge on any atom is 0.136 e. The average molecular weight is 250 g/mol. The lowest BCUT2D eigenvalue weighted by atomic mass is 10.2. The zero-order chi connectivity index (χ0) is 13.2. The fraction of sp³-hybridized carbons (Fsp3) is 0.714. The van der Waals surface area contributed by atoms with Crippen molar-refractivity contribution in [3.05, 3.63) is 18.1 Å². The summed E-state index contributed by atoms with van der Waals surface area (Å²) in [6.07, 6.45) is 7.15. The minimum Gasteiger partial charge on any atom is -0.357 e. The molecule has 1 aromatic rings. The highest BCUT2D eigenvalue weighted by molar-refractivity contribution is 5.45. The molecule has 4 nitrogen and oxygen atoms in total. The Bertz CT molecular complexity index is 327. The van der Waals surface area contributed by atoms with Gasteiger partial charge in [-0.25, -0.2) is 9.97 Å². The van der Waals surface area contributed by atoms with Gasteiger partial charge in [-0.15, -0.1) is 0 Å². The predicted molar refractivity (Wildman–Crippen MR) is 76.8 cm³/mol. The van der Waals surface area contributed by atoms with Crippen LogP contribution in [0.15, 0.2) is 12.5 Å². The largest absolute Gasteiger partial charge is 0.357 e. The summed E-state index contributed by atoms with van der Waals surface area (Å²) >= 11 is 0. The van der Waals surface area contributed by atoms with Gasteiger partial charge in [0.25, 0.3) is 0 Å². The van der Waals surface area contributed by atoms with Gasteiger partial charge in [-0.1, -0.05) is 20.3 Å². The average Bonchev–Trinajstić information content (AvgIpc) is 2.41. The molecule has 0 unspecified atom stereocenters. The summed E-state index contributed by atoms with van der Waals surface area (Å²) in [5, 5.41) is 3.42. The van der Waals surface area contributed by atoms with Crippen molar-refractivity contribution < 1.29 is 0 Å². The minimum atomic E-state index is 0.854. The Morgan fingerprint density at radius 3 is 2.72 bits per heavy atom. The molecule has 1 rings (SSSR count). The second kappa shape index (κ2) is 8.86. The zero-order valence-corrected chi connectivity index (χ0v) is 11.9. The summed E-state index contributed by atoms with van der Waals surface area (Å²) in [7, 11) is 0. The summed E-state index contributed by atoms with van der Waals surface area (Å²) in [6.45, 7) is 10.5. The van der Waals surface area contributed by atoms with E-state index in [1.165, 1.54) is 18.4 Å². The molecule has 1 N–H and O–H groups in total. The Morgan fingerprint density at radius 2 is 2.06 bits per heavy atom. The number of anilines is 1. The molecule has 0 saturated heterocycles. The van der Waals surface area contributed by atoms with Crippen molar-refractivity contribution in [2.24, 2.45) is 0 Å². The van der Waals surface area contributed by atoms with Crippen molar-refractivity contribution in [2.45, 2.75) is 46.6 Å². The van der Waals surface area contributed by atoms with E-state index in [-0.39, 0.29) is 0 Å². The van der Waals surface area contributed by atoms with Gasteiger partial charge in [0.15, 0.2) is 0 Å². The highest BCUT2D eigenvalue weighted by Crippen LogP contribution is 2.16. The van der Waals surface area contributed by atoms with E-state index in [2.05, 4.69) is 41.0 Å². The monoisotopic (exact) mass is 250 g/mol. The molecule has 0 aromatic carbocycles. The predicted octanol–water partition coefficient (Wildman–Crippen LogP) is 2.60. The van der Waals surface area contributed by atoms with Crippen LogP contribution >= 0.6 is 0 Å². The summed E-state index contributed by atoms with van der Waals surface area (Å²) < 4.78 is 0. The minimum absolute atomic E-state index is 0.854. The van der Waals surface area contributed by atoms with Gasteiger partial charge < -0.3 is 10.2 Å². The molecule has 0 fully saturated rings. The van der Waals surface area contributed by atoms with Crippen LogP contribution < -0.4 is 10.2 Å². The van der Waals surface area contributed by atoms with Crippen LogP contribution in [0.1, 0.15) is 45.6 Å². The molecule has 0 bridgehead atoms. The van der Waals surface area contributed by atoms with Gasteiger partial charge in [-0.05, 0) is 26.3 Å². The van der Waals surface area contributed by atoms with E-state index in [4.69, 9.17) is 0 Å². The number of unbranched alkanes of at least 4 members (excludes halogenated alkanes) is 1. The van der Waals surface area contributed by atoms with Gasteiger partial charge in [0.05, 0.1) is 0 Å². The van der Waals surface area contributed by atoms with Crippen LogP contribution in [0, 0.1) is 0 Å². The molecular weight excluding hydrogens is 224 g/mol. The van der Waals surface area contributed by atoms with Crippen LogP contribution in [0.3, 0.4) is 0 Å². The van der Waals surface area contributed by atoms with Crippen LogP contribution in [-0.4, -0.2) is 29.6 Å². The molecule has 0 saturated carbocycles. The van der Waals surface area contributed by atoms with Crippen molar-refractivity contribution in [3.63, 3.8) is 0 Å². The smallest absolute Gasteiger partial charge is 0.136 e. The first kappa shape index (κ1) is 14.9. The molecule has 0 aliphatic heterocycles. The lowest BCUT2D eigenvalue weighted by Crippen LogP contribution is -2.27. The maximum absolute atomic E-state index is 4.46. The molecule has 0 aliphatic rings. The first-order chi connectivity index (χ1) is 8.83. The topological polar surface area (TPSA) is 41.1 Å². The number of hydrogen-bond acceptors (Lipinski definition) is 4. The molecule has 0 spiro atoms.